The lowest BCUT2D eigenvalue weighted by atomic mass is 10.0. The van der Waals surface area contributed by atoms with Crippen LogP contribution < -0.4 is 10.1 Å². The Balaban J connectivity index is 1.78. The summed E-state index contributed by atoms with van der Waals surface area (Å²) < 4.78 is 19.0. The molecule has 1 fully saturated rings. The second-order valence-corrected chi connectivity index (χ2v) is 5.85. The summed E-state index contributed by atoms with van der Waals surface area (Å²) in [5.74, 6) is 0.399. The molecule has 0 unspecified atom stereocenters. The van der Waals surface area contributed by atoms with Gasteiger partial charge in [0, 0.05) is 19.6 Å². The molecule has 0 bridgehead atoms. The lowest BCUT2D eigenvalue weighted by Crippen LogP contribution is -2.49. The Bertz CT molecular complexity index is 703. The number of hydrogen-bond donors (Lipinski definition) is 1. The van der Waals surface area contributed by atoms with Gasteiger partial charge in [-0.25, -0.2) is 4.39 Å². The predicted molar refractivity (Wildman–Crippen MR) is 90.4 cm³/mol. The average Bonchev–Trinajstić information content (AvgIpc) is 2.63. The molecule has 5 heteroatoms. The first-order chi connectivity index (χ1) is 11.7. The number of carbonyl (C=O) groups is 1. The maximum Gasteiger partial charge on any atom is 0.227 e. The second kappa shape index (κ2) is 7.45. The molecule has 1 saturated heterocycles. The van der Waals surface area contributed by atoms with Crippen LogP contribution in [0.2, 0.25) is 0 Å². The predicted octanol–water partition coefficient (Wildman–Crippen LogP) is 2.55. The minimum absolute atomic E-state index is 0.0519. The van der Waals surface area contributed by atoms with E-state index in [-0.39, 0.29) is 24.2 Å². The van der Waals surface area contributed by atoms with Gasteiger partial charge >= 0.3 is 0 Å². The molecule has 1 heterocycles. The van der Waals surface area contributed by atoms with Crippen molar-refractivity contribution in [3.8, 4) is 5.75 Å². The Kier molecular flexibility index (Phi) is 5.11. The highest BCUT2D eigenvalue weighted by Crippen LogP contribution is 2.25. The van der Waals surface area contributed by atoms with Gasteiger partial charge < -0.3 is 15.0 Å². The number of halogens is 1. The Labute approximate surface area is 141 Å². The highest BCUT2D eigenvalue weighted by molar-refractivity contribution is 5.79. The summed E-state index contributed by atoms with van der Waals surface area (Å²) in [5, 5.41) is 3.32. The number of nitrogens with zero attached hydrogens (tertiary/aromatic N) is 1. The number of rotatable bonds is 4. The van der Waals surface area contributed by atoms with E-state index in [0.29, 0.717) is 18.7 Å². The fourth-order valence-electron chi connectivity index (χ4n) is 3.03. The smallest absolute Gasteiger partial charge is 0.227 e. The van der Waals surface area contributed by atoms with Gasteiger partial charge in [0.15, 0.2) is 0 Å². The highest BCUT2D eigenvalue weighted by Gasteiger charge is 2.28. The van der Waals surface area contributed by atoms with E-state index in [1.807, 2.05) is 29.2 Å². The molecule has 1 amide bonds. The standard InChI is InChI=1S/C19H21FN2O2/c1-24-16-8-6-14(7-9-16)18-13-21-10-11-22(18)19(23)12-15-4-2-3-5-17(15)20/h2-9,18,21H,10-13H2,1H3/t18-/m0/s1. The fraction of sp³-hybridized carbons (Fsp3) is 0.316. The number of carbonyl (C=O) groups excluding carboxylic acids is 1. The number of benzene rings is 2. The quantitative estimate of drug-likeness (QED) is 0.938. The zero-order valence-electron chi connectivity index (χ0n) is 13.7. The first-order valence-electron chi connectivity index (χ1n) is 8.06. The normalized spacial score (nSPS) is 17.6. The van der Waals surface area contributed by atoms with Crippen LogP contribution in [0.3, 0.4) is 0 Å². The molecule has 126 valence electrons. The molecule has 0 saturated carbocycles. The molecule has 1 aliphatic heterocycles. The topological polar surface area (TPSA) is 41.6 Å². The minimum atomic E-state index is -0.331. The molecule has 4 nitrogen and oxygen atoms in total. The number of amides is 1. The maximum atomic E-state index is 13.8. The number of methoxy groups -OCH3 is 1. The first kappa shape index (κ1) is 16.5. The Hall–Kier alpha value is -2.40. The van der Waals surface area contributed by atoms with Gasteiger partial charge in [-0.1, -0.05) is 30.3 Å². The molecule has 2 aromatic rings. The van der Waals surface area contributed by atoms with Crippen molar-refractivity contribution < 1.29 is 13.9 Å². The molecule has 3 rings (SSSR count). The van der Waals surface area contributed by atoms with Crippen molar-refractivity contribution in [1.82, 2.24) is 10.2 Å². The van der Waals surface area contributed by atoms with Gasteiger partial charge in [0.05, 0.1) is 19.6 Å². The lowest BCUT2D eigenvalue weighted by molar-refractivity contribution is -0.133. The zero-order valence-corrected chi connectivity index (χ0v) is 13.7. The fourth-order valence-corrected chi connectivity index (χ4v) is 3.03. The highest BCUT2D eigenvalue weighted by atomic mass is 19.1. The summed E-state index contributed by atoms with van der Waals surface area (Å²) in [5.41, 5.74) is 1.49. The van der Waals surface area contributed by atoms with Crippen LogP contribution in [0.25, 0.3) is 0 Å². The Morgan fingerprint density at radius 2 is 2.00 bits per heavy atom. The number of ether oxygens (including phenoxy) is 1. The van der Waals surface area contributed by atoms with Crippen LogP contribution >= 0.6 is 0 Å². The Morgan fingerprint density at radius 1 is 1.25 bits per heavy atom. The SMILES string of the molecule is COc1ccc([C@@H]2CNCCN2C(=O)Cc2ccccc2F)cc1. The lowest BCUT2D eigenvalue weighted by Gasteiger charge is -2.36. The van der Waals surface area contributed by atoms with Gasteiger partial charge in [-0.3, -0.25) is 4.79 Å². The first-order valence-corrected chi connectivity index (χ1v) is 8.06. The van der Waals surface area contributed by atoms with E-state index in [0.717, 1.165) is 17.9 Å². The maximum absolute atomic E-state index is 13.8. The van der Waals surface area contributed by atoms with Gasteiger partial charge in [-0.05, 0) is 29.3 Å². The van der Waals surface area contributed by atoms with Gasteiger partial charge in [0.25, 0.3) is 0 Å². The van der Waals surface area contributed by atoms with E-state index >= 15 is 0 Å². The van der Waals surface area contributed by atoms with Crippen LogP contribution in [0.5, 0.6) is 5.75 Å². The molecule has 0 aromatic heterocycles. The van der Waals surface area contributed by atoms with E-state index in [1.165, 1.54) is 6.07 Å². The van der Waals surface area contributed by atoms with Gasteiger partial charge in [0.2, 0.25) is 5.91 Å². The molecular weight excluding hydrogens is 307 g/mol. The summed E-state index contributed by atoms with van der Waals surface area (Å²) in [4.78, 5) is 14.6. The van der Waals surface area contributed by atoms with Crippen LogP contribution in [-0.2, 0) is 11.2 Å². The van der Waals surface area contributed by atoms with Gasteiger partial charge in [0.1, 0.15) is 11.6 Å². The van der Waals surface area contributed by atoms with Crippen molar-refractivity contribution in [1.29, 1.82) is 0 Å². The van der Waals surface area contributed by atoms with Crippen LogP contribution in [0.15, 0.2) is 48.5 Å². The van der Waals surface area contributed by atoms with Crippen LogP contribution in [-0.4, -0.2) is 37.6 Å². The van der Waals surface area contributed by atoms with Crippen molar-refractivity contribution in [2.45, 2.75) is 12.5 Å². The molecular formula is C19H21FN2O2. The summed E-state index contributed by atoms with van der Waals surface area (Å²) in [6, 6.07) is 14.1. The van der Waals surface area contributed by atoms with E-state index in [9.17, 15) is 9.18 Å². The summed E-state index contributed by atoms with van der Waals surface area (Å²) in [6.07, 6.45) is 0.0827. The Morgan fingerprint density at radius 3 is 2.71 bits per heavy atom. The summed E-state index contributed by atoms with van der Waals surface area (Å²) in [6.45, 7) is 2.05. The third-order valence-corrected chi connectivity index (χ3v) is 4.36. The molecule has 1 N–H and O–H groups in total. The van der Waals surface area contributed by atoms with Crippen molar-refractivity contribution in [2.24, 2.45) is 0 Å². The monoisotopic (exact) mass is 328 g/mol. The largest absolute Gasteiger partial charge is 0.497 e. The minimum Gasteiger partial charge on any atom is -0.497 e. The molecule has 24 heavy (non-hydrogen) atoms. The van der Waals surface area contributed by atoms with Gasteiger partial charge in [-0.15, -0.1) is 0 Å². The van der Waals surface area contributed by atoms with Crippen molar-refractivity contribution in [3.63, 3.8) is 0 Å². The summed E-state index contributed by atoms with van der Waals surface area (Å²) in [7, 11) is 1.63. The van der Waals surface area contributed by atoms with E-state index in [4.69, 9.17) is 4.74 Å². The molecule has 0 aliphatic carbocycles. The van der Waals surface area contributed by atoms with Crippen LogP contribution in [0.4, 0.5) is 4.39 Å². The van der Waals surface area contributed by atoms with E-state index in [1.54, 1.807) is 25.3 Å². The van der Waals surface area contributed by atoms with Crippen molar-refractivity contribution in [3.05, 3.63) is 65.5 Å². The van der Waals surface area contributed by atoms with E-state index < -0.39 is 0 Å². The molecule has 1 aliphatic rings. The van der Waals surface area contributed by atoms with Crippen molar-refractivity contribution in [2.75, 3.05) is 26.7 Å². The second-order valence-electron chi connectivity index (χ2n) is 5.85. The average molecular weight is 328 g/mol. The number of nitrogens with one attached hydrogen (secondary N) is 1. The number of piperazine rings is 1. The molecule has 0 radical (unpaired) electrons. The third kappa shape index (κ3) is 3.57. The third-order valence-electron chi connectivity index (χ3n) is 4.36. The number of hydrogen-bond acceptors (Lipinski definition) is 3. The van der Waals surface area contributed by atoms with Crippen LogP contribution in [0, 0.1) is 5.82 Å². The van der Waals surface area contributed by atoms with Gasteiger partial charge in [-0.2, -0.15) is 0 Å². The van der Waals surface area contributed by atoms with Crippen molar-refractivity contribution >= 4 is 5.91 Å². The molecule has 0 spiro atoms. The van der Waals surface area contributed by atoms with Crippen LogP contribution in [0.1, 0.15) is 17.2 Å². The molecule has 1 atom stereocenters. The summed E-state index contributed by atoms with van der Waals surface area (Å²) >= 11 is 0. The molecule has 2 aromatic carbocycles. The van der Waals surface area contributed by atoms with E-state index in [2.05, 4.69) is 5.32 Å². The zero-order chi connectivity index (χ0) is 16.9.